The molecule has 1 amide bonds. The van der Waals surface area contributed by atoms with Crippen LogP contribution >= 0.6 is 15.9 Å². The van der Waals surface area contributed by atoms with Crippen LogP contribution in [0.4, 0.5) is 0 Å². The second kappa shape index (κ2) is 7.52. The van der Waals surface area contributed by atoms with E-state index in [1.54, 1.807) is 7.11 Å². The quantitative estimate of drug-likeness (QED) is 0.814. The van der Waals surface area contributed by atoms with Crippen molar-refractivity contribution in [2.24, 2.45) is 0 Å². The number of alkyl halides is 1. The lowest BCUT2D eigenvalue weighted by Crippen LogP contribution is -2.38. The number of benzene rings is 1. The molecule has 0 saturated heterocycles. The van der Waals surface area contributed by atoms with Gasteiger partial charge in [-0.15, -0.1) is 0 Å². The van der Waals surface area contributed by atoms with Crippen LogP contribution in [0.25, 0.3) is 10.9 Å². The summed E-state index contributed by atoms with van der Waals surface area (Å²) in [5.41, 5.74) is 2.34. The molecular formula is C16H19BrN2O2. The van der Waals surface area contributed by atoms with Crippen LogP contribution in [0, 0.1) is 6.92 Å². The molecule has 112 valence electrons. The second-order valence-corrected chi connectivity index (χ2v) is 5.72. The Morgan fingerprint density at radius 2 is 2.19 bits per heavy atom. The predicted octanol–water partition coefficient (Wildman–Crippen LogP) is 3.07. The summed E-state index contributed by atoms with van der Waals surface area (Å²) in [5.74, 6) is -0.0836. The summed E-state index contributed by atoms with van der Waals surface area (Å²) in [6.07, 6.45) is 0.821. The molecule has 0 aliphatic rings. The lowest BCUT2D eigenvalue weighted by Gasteiger charge is -2.17. The summed E-state index contributed by atoms with van der Waals surface area (Å²) < 4.78 is 5.16. The zero-order chi connectivity index (χ0) is 15.2. The number of ether oxygens (including phenoxy) is 1. The Kier molecular flexibility index (Phi) is 5.70. The summed E-state index contributed by atoms with van der Waals surface area (Å²) in [7, 11) is 1.64. The molecule has 5 heteroatoms. The first-order valence-corrected chi connectivity index (χ1v) is 8.00. The summed E-state index contributed by atoms with van der Waals surface area (Å²) >= 11 is 3.40. The van der Waals surface area contributed by atoms with E-state index in [2.05, 4.69) is 26.2 Å². The van der Waals surface area contributed by atoms with Gasteiger partial charge in [-0.2, -0.15) is 0 Å². The number of methoxy groups -OCH3 is 1. The minimum atomic E-state index is -0.0836. The smallest absolute Gasteiger partial charge is 0.252 e. The minimum Gasteiger partial charge on any atom is -0.383 e. The van der Waals surface area contributed by atoms with Gasteiger partial charge in [-0.1, -0.05) is 34.1 Å². The number of carbonyl (C=O) groups excluding carboxylic acids is 1. The van der Waals surface area contributed by atoms with Gasteiger partial charge in [0, 0.05) is 23.5 Å². The largest absolute Gasteiger partial charge is 0.383 e. The van der Waals surface area contributed by atoms with E-state index in [1.165, 1.54) is 0 Å². The van der Waals surface area contributed by atoms with Gasteiger partial charge in [0.25, 0.3) is 5.91 Å². The standard InChI is InChI=1S/C16H19BrN2O2/c1-11-9-14(13-5-3-4-6-15(13)18-11)16(20)19-12(7-8-17)10-21-2/h3-6,9,12H,7-8,10H2,1-2H3,(H,19,20). The van der Waals surface area contributed by atoms with Crippen LogP contribution < -0.4 is 5.32 Å². The van der Waals surface area contributed by atoms with Gasteiger partial charge in [-0.05, 0) is 25.5 Å². The fourth-order valence-electron chi connectivity index (χ4n) is 2.29. The zero-order valence-corrected chi connectivity index (χ0v) is 13.8. The van der Waals surface area contributed by atoms with Gasteiger partial charge in [-0.25, -0.2) is 0 Å². The molecule has 0 aliphatic heterocycles. The van der Waals surface area contributed by atoms with Crippen LogP contribution in [-0.2, 0) is 4.74 Å². The molecule has 1 aromatic heterocycles. The lowest BCUT2D eigenvalue weighted by atomic mass is 10.1. The molecule has 0 bridgehead atoms. The first kappa shape index (κ1) is 15.9. The van der Waals surface area contributed by atoms with E-state index < -0.39 is 0 Å². The third kappa shape index (κ3) is 4.02. The minimum absolute atomic E-state index is 0.00545. The summed E-state index contributed by atoms with van der Waals surface area (Å²) in [5, 5.41) is 4.72. The molecule has 0 saturated carbocycles. The number of amides is 1. The van der Waals surface area contributed by atoms with Crippen LogP contribution in [0.3, 0.4) is 0 Å². The maximum Gasteiger partial charge on any atom is 0.252 e. The molecule has 21 heavy (non-hydrogen) atoms. The first-order valence-electron chi connectivity index (χ1n) is 6.88. The predicted molar refractivity (Wildman–Crippen MR) is 88.0 cm³/mol. The normalized spacial score (nSPS) is 12.3. The van der Waals surface area contributed by atoms with Crippen molar-refractivity contribution >= 4 is 32.7 Å². The third-order valence-corrected chi connectivity index (χ3v) is 3.71. The molecule has 1 aromatic carbocycles. The van der Waals surface area contributed by atoms with Crippen molar-refractivity contribution in [3.8, 4) is 0 Å². The summed E-state index contributed by atoms with van der Waals surface area (Å²) in [6.45, 7) is 2.40. The van der Waals surface area contributed by atoms with Crippen molar-refractivity contribution in [1.29, 1.82) is 0 Å². The SMILES string of the molecule is COCC(CCBr)NC(=O)c1cc(C)nc2ccccc12. The Balaban J connectivity index is 2.30. The van der Waals surface area contributed by atoms with Gasteiger partial charge in [0.1, 0.15) is 0 Å². The van der Waals surface area contributed by atoms with Gasteiger partial charge in [0.05, 0.1) is 23.7 Å². The van der Waals surface area contributed by atoms with Crippen molar-refractivity contribution in [1.82, 2.24) is 10.3 Å². The van der Waals surface area contributed by atoms with Gasteiger partial charge in [-0.3, -0.25) is 9.78 Å². The fourth-order valence-corrected chi connectivity index (χ4v) is 2.84. The van der Waals surface area contributed by atoms with E-state index in [0.29, 0.717) is 12.2 Å². The van der Waals surface area contributed by atoms with Crippen LogP contribution in [-0.4, -0.2) is 36.0 Å². The molecule has 1 N–H and O–H groups in total. The molecule has 0 spiro atoms. The Labute approximate surface area is 133 Å². The topological polar surface area (TPSA) is 51.2 Å². The summed E-state index contributed by atoms with van der Waals surface area (Å²) in [4.78, 5) is 17.0. The van der Waals surface area contributed by atoms with Crippen LogP contribution in [0.5, 0.6) is 0 Å². The number of pyridine rings is 1. The number of nitrogens with zero attached hydrogens (tertiary/aromatic N) is 1. The van der Waals surface area contributed by atoms with Gasteiger partial charge >= 0.3 is 0 Å². The van der Waals surface area contributed by atoms with Gasteiger partial charge < -0.3 is 10.1 Å². The van der Waals surface area contributed by atoms with Crippen molar-refractivity contribution in [2.45, 2.75) is 19.4 Å². The average molecular weight is 351 g/mol. The van der Waals surface area contributed by atoms with Crippen LogP contribution in [0.15, 0.2) is 30.3 Å². The van der Waals surface area contributed by atoms with Gasteiger partial charge in [0.15, 0.2) is 0 Å². The fraction of sp³-hybridized carbons (Fsp3) is 0.375. The molecule has 0 aliphatic carbocycles. The Morgan fingerprint density at radius 3 is 2.90 bits per heavy atom. The highest BCUT2D eigenvalue weighted by atomic mass is 79.9. The maximum absolute atomic E-state index is 12.6. The van der Waals surface area contributed by atoms with E-state index in [-0.39, 0.29) is 11.9 Å². The maximum atomic E-state index is 12.6. The molecule has 2 rings (SSSR count). The van der Waals surface area contributed by atoms with Crippen LogP contribution in [0.2, 0.25) is 0 Å². The average Bonchev–Trinajstić information content (AvgIpc) is 2.46. The van der Waals surface area contributed by atoms with Crippen molar-refractivity contribution in [2.75, 3.05) is 19.0 Å². The highest BCUT2D eigenvalue weighted by Crippen LogP contribution is 2.18. The number of carbonyl (C=O) groups is 1. The number of nitrogens with one attached hydrogen (secondary N) is 1. The molecule has 1 heterocycles. The van der Waals surface area contributed by atoms with E-state index in [9.17, 15) is 4.79 Å². The third-order valence-electron chi connectivity index (χ3n) is 3.25. The Hall–Kier alpha value is -1.46. The first-order chi connectivity index (χ1) is 10.2. The highest BCUT2D eigenvalue weighted by Gasteiger charge is 2.16. The Morgan fingerprint density at radius 1 is 1.43 bits per heavy atom. The number of para-hydroxylation sites is 1. The second-order valence-electron chi connectivity index (χ2n) is 4.93. The Bertz CT molecular complexity index is 625. The van der Waals surface area contributed by atoms with E-state index in [1.807, 2.05) is 37.3 Å². The monoisotopic (exact) mass is 350 g/mol. The molecule has 1 unspecified atom stereocenters. The van der Waals surface area contributed by atoms with Crippen molar-refractivity contribution in [3.05, 3.63) is 41.6 Å². The number of hydrogen-bond donors (Lipinski definition) is 1. The molecule has 0 fully saturated rings. The van der Waals surface area contributed by atoms with Gasteiger partial charge in [0.2, 0.25) is 0 Å². The van der Waals surface area contributed by atoms with E-state index >= 15 is 0 Å². The summed E-state index contributed by atoms with van der Waals surface area (Å²) in [6, 6.07) is 9.51. The molecule has 2 aromatic rings. The number of aryl methyl sites for hydroxylation is 1. The number of rotatable bonds is 6. The molecule has 1 atom stereocenters. The van der Waals surface area contributed by atoms with Crippen LogP contribution in [0.1, 0.15) is 22.5 Å². The molecular weight excluding hydrogens is 332 g/mol. The highest BCUT2D eigenvalue weighted by molar-refractivity contribution is 9.09. The lowest BCUT2D eigenvalue weighted by molar-refractivity contribution is 0.0897. The van der Waals surface area contributed by atoms with E-state index in [0.717, 1.165) is 28.3 Å². The van der Waals surface area contributed by atoms with Crippen molar-refractivity contribution < 1.29 is 9.53 Å². The number of fused-ring (bicyclic) bond motifs is 1. The number of hydrogen-bond acceptors (Lipinski definition) is 3. The zero-order valence-electron chi connectivity index (χ0n) is 12.2. The van der Waals surface area contributed by atoms with Crippen molar-refractivity contribution in [3.63, 3.8) is 0 Å². The number of aromatic nitrogens is 1. The van der Waals surface area contributed by atoms with E-state index in [4.69, 9.17) is 4.74 Å². The molecule has 0 radical (unpaired) electrons. The number of halogens is 1. The molecule has 4 nitrogen and oxygen atoms in total.